The molecule has 0 bridgehead atoms. The van der Waals surface area contributed by atoms with Crippen LogP contribution < -0.4 is 0 Å². The van der Waals surface area contributed by atoms with Gasteiger partial charge >= 0.3 is 0 Å². The highest BCUT2D eigenvalue weighted by Gasteiger charge is 2.32. The number of piperazine rings is 1. The van der Waals surface area contributed by atoms with Crippen molar-refractivity contribution in [2.75, 3.05) is 26.2 Å². The molecular formula is C26H30N2O2S. The Labute approximate surface area is 186 Å². The van der Waals surface area contributed by atoms with Crippen LogP contribution in [0.1, 0.15) is 36.1 Å². The van der Waals surface area contributed by atoms with Gasteiger partial charge in [0.1, 0.15) is 0 Å². The summed E-state index contributed by atoms with van der Waals surface area (Å²) in [5.41, 5.74) is 3.65. The zero-order chi connectivity index (χ0) is 21.7. The molecule has 0 saturated carbocycles. The molecule has 0 amide bonds. The number of hydrogen-bond donors (Lipinski definition) is 0. The Morgan fingerprint density at radius 3 is 1.74 bits per heavy atom. The van der Waals surface area contributed by atoms with Crippen molar-refractivity contribution in [3.63, 3.8) is 0 Å². The van der Waals surface area contributed by atoms with Gasteiger partial charge in [-0.1, -0.05) is 86.1 Å². The van der Waals surface area contributed by atoms with Crippen LogP contribution in [0.3, 0.4) is 0 Å². The van der Waals surface area contributed by atoms with Gasteiger partial charge < -0.3 is 0 Å². The van der Waals surface area contributed by atoms with Crippen LogP contribution in [0.25, 0.3) is 0 Å². The molecule has 1 saturated heterocycles. The van der Waals surface area contributed by atoms with Crippen LogP contribution >= 0.6 is 0 Å². The first-order chi connectivity index (χ1) is 15.1. The molecule has 3 aromatic carbocycles. The molecule has 1 aliphatic heterocycles. The Bertz CT molecular complexity index is 1020. The summed E-state index contributed by atoms with van der Waals surface area (Å²) in [4.78, 5) is 2.78. The van der Waals surface area contributed by atoms with Crippen LogP contribution in [0, 0.1) is 0 Å². The van der Waals surface area contributed by atoms with Gasteiger partial charge in [0.2, 0.25) is 10.0 Å². The lowest BCUT2D eigenvalue weighted by atomic mass is 9.96. The van der Waals surface area contributed by atoms with Crippen molar-refractivity contribution in [3.05, 3.63) is 102 Å². The van der Waals surface area contributed by atoms with Gasteiger partial charge in [-0.25, -0.2) is 8.42 Å². The lowest BCUT2D eigenvalue weighted by Crippen LogP contribution is -2.49. The fourth-order valence-electron chi connectivity index (χ4n) is 4.35. The van der Waals surface area contributed by atoms with Crippen LogP contribution in [-0.2, 0) is 16.4 Å². The highest BCUT2D eigenvalue weighted by atomic mass is 32.2. The molecule has 1 aliphatic rings. The van der Waals surface area contributed by atoms with E-state index in [1.54, 1.807) is 16.4 Å². The number of aryl methyl sites for hydroxylation is 1. The third kappa shape index (κ3) is 4.90. The second-order valence-electron chi connectivity index (χ2n) is 8.06. The molecule has 0 aliphatic carbocycles. The van der Waals surface area contributed by atoms with Crippen LogP contribution in [0.5, 0.6) is 0 Å². The molecule has 1 fully saturated rings. The summed E-state index contributed by atoms with van der Waals surface area (Å²) in [5.74, 6) is 0. The lowest BCUT2D eigenvalue weighted by Gasteiger charge is -2.39. The van der Waals surface area contributed by atoms with Crippen LogP contribution in [0.15, 0.2) is 89.8 Å². The minimum atomic E-state index is -3.47. The highest BCUT2D eigenvalue weighted by molar-refractivity contribution is 7.89. The van der Waals surface area contributed by atoms with E-state index in [-0.39, 0.29) is 6.04 Å². The molecule has 0 radical (unpaired) electrons. The van der Waals surface area contributed by atoms with Crippen molar-refractivity contribution >= 4 is 10.0 Å². The van der Waals surface area contributed by atoms with E-state index in [4.69, 9.17) is 0 Å². The average molecular weight is 435 g/mol. The molecule has 0 spiro atoms. The Morgan fingerprint density at radius 2 is 1.26 bits per heavy atom. The number of sulfonamides is 1. The van der Waals surface area contributed by atoms with Gasteiger partial charge in [-0.05, 0) is 35.2 Å². The van der Waals surface area contributed by atoms with E-state index in [1.165, 1.54) is 16.7 Å². The molecule has 162 valence electrons. The average Bonchev–Trinajstić information content (AvgIpc) is 2.82. The summed E-state index contributed by atoms with van der Waals surface area (Å²) in [7, 11) is -3.47. The van der Waals surface area contributed by atoms with Gasteiger partial charge in [-0.15, -0.1) is 0 Å². The highest BCUT2D eigenvalue weighted by Crippen LogP contribution is 2.30. The maximum atomic E-state index is 13.2. The van der Waals surface area contributed by atoms with Crippen LogP contribution in [0.4, 0.5) is 0 Å². The van der Waals surface area contributed by atoms with E-state index in [9.17, 15) is 8.42 Å². The van der Waals surface area contributed by atoms with E-state index >= 15 is 0 Å². The van der Waals surface area contributed by atoms with Gasteiger partial charge in [0.05, 0.1) is 10.9 Å². The number of nitrogens with zero attached hydrogens (tertiary/aromatic N) is 2. The van der Waals surface area contributed by atoms with Crippen molar-refractivity contribution in [1.82, 2.24) is 9.21 Å². The number of hydrogen-bond acceptors (Lipinski definition) is 3. The number of benzene rings is 3. The van der Waals surface area contributed by atoms with Crippen molar-refractivity contribution < 1.29 is 8.42 Å². The number of rotatable bonds is 7. The quantitative estimate of drug-likeness (QED) is 0.540. The van der Waals surface area contributed by atoms with Crippen molar-refractivity contribution in [3.8, 4) is 0 Å². The third-order valence-corrected chi connectivity index (χ3v) is 7.88. The van der Waals surface area contributed by atoms with E-state index in [0.29, 0.717) is 31.1 Å². The second-order valence-corrected chi connectivity index (χ2v) is 10.00. The lowest BCUT2D eigenvalue weighted by molar-refractivity contribution is 0.156. The summed E-state index contributed by atoms with van der Waals surface area (Å²) in [5, 5.41) is 0. The van der Waals surface area contributed by atoms with E-state index in [1.807, 2.05) is 24.3 Å². The predicted octanol–water partition coefficient (Wildman–Crippen LogP) is 4.74. The summed E-state index contributed by atoms with van der Waals surface area (Å²) in [6.07, 6.45) is 2.03. The Morgan fingerprint density at radius 1 is 0.742 bits per heavy atom. The molecule has 0 N–H and O–H groups in total. The van der Waals surface area contributed by atoms with Crippen LogP contribution in [0.2, 0.25) is 0 Å². The molecular weight excluding hydrogens is 404 g/mol. The van der Waals surface area contributed by atoms with E-state index < -0.39 is 10.0 Å². The summed E-state index contributed by atoms with van der Waals surface area (Å²) < 4.78 is 28.0. The first-order valence-corrected chi connectivity index (χ1v) is 12.5. The van der Waals surface area contributed by atoms with E-state index in [0.717, 1.165) is 12.8 Å². The third-order valence-electron chi connectivity index (χ3n) is 5.97. The zero-order valence-corrected chi connectivity index (χ0v) is 18.8. The van der Waals surface area contributed by atoms with Crippen molar-refractivity contribution in [1.29, 1.82) is 0 Å². The normalized spacial score (nSPS) is 15.9. The van der Waals surface area contributed by atoms with Crippen molar-refractivity contribution in [2.24, 2.45) is 0 Å². The second kappa shape index (κ2) is 9.77. The Balaban J connectivity index is 1.51. The molecule has 5 heteroatoms. The fourth-order valence-corrected chi connectivity index (χ4v) is 5.77. The predicted molar refractivity (Wildman–Crippen MR) is 125 cm³/mol. The summed E-state index contributed by atoms with van der Waals surface area (Å²) in [6.45, 7) is 4.51. The maximum Gasteiger partial charge on any atom is 0.243 e. The first kappa shape index (κ1) is 21.8. The molecule has 31 heavy (non-hydrogen) atoms. The Kier molecular flexibility index (Phi) is 6.86. The van der Waals surface area contributed by atoms with Gasteiger partial charge in [0.15, 0.2) is 0 Å². The minimum absolute atomic E-state index is 0.126. The molecule has 0 aromatic heterocycles. The first-order valence-electron chi connectivity index (χ1n) is 11.0. The molecule has 0 unspecified atom stereocenters. The van der Waals surface area contributed by atoms with Crippen molar-refractivity contribution in [2.45, 2.75) is 30.7 Å². The standard InChI is InChI=1S/C26H30N2O2S/c1-2-9-22-14-16-25(17-15-22)31(29,30)28-20-18-27(19-21-28)26(23-10-5-3-6-11-23)24-12-7-4-8-13-24/h3-8,10-17,26H,2,9,18-21H2,1H3. The van der Waals surface area contributed by atoms with Gasteiger partial charge in [0.25, 0.3) is 0 Å². The largest absolute Gasteiger partial charge is 0.290 e. The molecule has 1 heterocycles. The molecule has 4 rings (SSSR count). The minimum Gasteiger partial charge on any atom is -0.290 e. The molecule has 0 atom stereocenters. The molecule has 4 nitrogen and oxygen atoms in total. The van der Waals surface area contributed by atoms with Crippen LogP contribution in [-0.4, -0.2) is 43.8 Å². The summed E-state index contributed by atoms with van der Waals surface area (Å²) >= 11 is 0. The zero-order valence-electron chi connectivity index (χ0n) is 18.0. The van der Waals surface area contributed by atoms with Gasteiger partial charge in [-0.3, -0.25) is 4.90 Å². The topological polar surface area (TPSA) is 40.6 Å². The fraction of sp³-hybridized carbons (Fsp3) is 0.308. The van der Waals surface area contributed by atoms with Gasteiger partial charge in [-0.2, -0.15) is 4.31 Å². The van der Waals surface area contributed by atoms with Gasteiger partial charge in [0, 0.05) is 26.2 Å². The summed E-state index contributed by atoms with van der Waals surface area (Å²) in [6, 6.07) is 28.4. The van der Waals surface area contributed by atoms with E-state index in [2.05, 4.69) is 60.4 Å². The molecule has 3 aromatic rings. The maximum absolute atomic E-state index is 13.2. The SMILES string of the molecule is CCCc1ccc(S(=O)(=O)N2CCN(C(c3ccccc3)c3ccccc3)CC2)cc1. The Hall–Kier alpha value is -2.47. The smallest absolute Gasteiger partial charge is 0.243 e. The monoisotopic (exact) mass is 434 g/mol.